The van der Waals surface area contributed by atoms with Crippen LogP contribution in [-0.2, 0) is 0 Å². The Balaban J connectivity index is 2.40. The number of aryl methyl sites for hydroxylation is 1. The van der Waals surface area contributed by atoms with Crippen LogP contribution in [0.25, 0.3) is 0 Å². The van der Waals surface area contributed by atoms with Gasteiger partial charge in [0, 0.05) is 5.69 Å². The summed E-state index contributed by atoms with van der Waals surface area (Å²) in [5, 5.41) is 0. The van der Waals surface area contributed by atoms with Crippen molar-refractivity contribution in [1.82, 2.24) is 0 Å². The van der Waals surface area contributed by atoms with Crippen molar-refractivity contribution in [2.24, 2.45) is 5.73 Å². The molecule has 0 fully saturated rings. The van der Waals surface area contributed by atoms with Crippen molar-refractivity contribution >= 4 is 5.69 Å². The fraction of sp³-hybridized carbons (Fsp3) is 0.143. The van der Waals surface area contributed by atoms with Crippen LogP contribution < -0.4 is 11.5 Å². The SMILES string of the molecule is Cc1ccc(C(N)c2cccc(F)c2)c(N)c1. The number of hydrogen-bond donors (Lipinski definition) is 2. The number of nitrogens with two attached hydrogens (primary N) is 2. The Labute approximate surface area is 100 Å². The second-order valence-electron chi connectivity index (χ2n) is 4.17. The lowest BCUT2D eigenvalue weighted by Gasteiger charge is -2.15. The topological polar surface area (TPSA) is 52.0 Å². The van der Waals surface area contributed by atoms with Gasteiger partial charge in [0.2, 0.25) is 0 Å². The molecule has 1 atom stereocenters. The maximum Gasteiger partial charge on any atom is 0.123 e. The smallest absolute Gasteiger partial charge is 0.123 e. The monoisotopic (exact) mass is 230 g/mol. The first-order chi connectivity index (χ1) is 8.08. The van der Waals surface area contributed by atoms with Crippen LogP contribution in [0, 0.1) is 12.7 Å². The fourth-order valence-electron chi connectivity index (χ4n) is 1.86. The second kappa shape index (κ2) is 4.55. The zero-order valence-corrected chi connectivity index (χ0v) is 9.65. The number of hydrogen-bond acceptors (Lipinski definition) is 2. The van der Waals surface area contributed by atoms with Crippen molar-refractivity contribution in [2.45, 2.75) is 13.0 Å². The molecule has 1 unspecified atom stereocenters. The first-order valence-corrected chi connectivity index (χ1v) is 5.45. The normalized spacial score (nSPS) is 12.4. The predicted molar refractivity (Wildman–Crippen MR) is 68.0 cm³/mol. The molecule has 0 aromatic heterocycles. The molecule has 2 aromatic rings. The molecule has 0 saturated carbocycles. The molecule has 0 aliphatic rings. The molecule has 0 radical (unpaired) electrons. The van der Waals surface area contributed by atoms with Crippen LogP contribution in [0.2, 0.25) is 0 Å². The summed E-state index contributed by atoms with van der Waals surface area (Å²) in [6.07, 6.45) is 0. The zero-order chi connectivity index (χ0) is 12.4. The van der Waals surface area contributed by atoms with Gasteiger partial charge >= 0.3 is 0 Å². The summed E-state index contributed by atoms with van der Waals surface area (Å²) in [6.45, 7) is 1.97. The lowest BCUT2D eigenvalue weighted by atomic mass is 9.97. The number of benzene rings is 2. The molecule has 3 heteroatoms. The molecule has 0 aliphatic heterocycles. The minimum Gasteiger partial charge on any atom is -0.398 e. The van der Waals surface area contributed by atoms with E-state index in [9.17, 15) is 4.39 Å². The second-order valence-corrected chi connectivity index (χ2v) is 4.17. The standard InChI is InChI=1S/C14H15FN2/c1-9-5-6-12(13(16)7-9)14(17)10-3-2-4-11(15)8-10/h2-8,14H,16-17H2,1H3. The highest BCUT2D eigenvalue weighted by molar-refractivity contribution is 5.53. The van der Waals surface area contributed by atoms with Crippen molar-refractivity contribution in [3.8, 4) is 0 Å². The third-order valence-corrected chi connectivity index (χ3v) is 2.79. The molecule has 0 heterocycles. The third kappa shape index (κ3) is 2.45. The molecule has 88 valence electrons. The summed E-state index contributed by atoms with van der Waals surface area (Å²) in [4.78, 5) is 0. The van der Waals surface area contributed by atoms with Gasteiger partial charge < -0.3 is 11.5 Å². The zero-order valence-electron chi connectivity index (χ0n) is 9.65. The fourth-order valence-corrected chi connectivity index (χ4v) is 1.86. The van der Waals surface area contributed by atoms with Gasteiger partial charge in [-0.3, -0.25) is 0 Å². The summed E-state index contributed by atoms with van der Waals surface area (Å²) in [5.74, 6) is -0.288. The Morgan fingerprint density at radius 3 is 2.53 bits per heavy atom. The van der Waals surface area contributed by atoms with Crippen LogP contribution in [0.4, 0.5) is 10.1 Å². The molecule has 4 N–H and O–H groups in total. The predicted octanol–water partition coefficient (Wildman–Crippen LogP) is 2.76. The Kier molecular flexibility index (Phi) is 3.11. The first kappa shape index (κ1) is 11.6. The molecule has 2 nitrogen and oxygen atoms in total. The Hall–Kier alpha value is -1.87. The van der Waals surface area contributed by atoms with Gasteiger partial charge in [-0.15, -0.1) is 0 Å². The maximum atomic E-state index is 13.1. The molecule has 2 rings (SSSR count). The molecule has 0 bridgehead atoms. The van der Waals surface area contributed by atoms with Gasteiger partial charge in [-0.05, 0) is 41.8 Å². The van der Waals surface area contributed by atoms with E-state index < -0.39 is 6.04 Å². The van der Waals surface area contributed by atoms with Gasteiger partial charge in [0.25, 0.3) is 0 Å². The number of rotatable bonds is 2. The Morgan fingerprint density at radius 1 is 1.12 bits per heavy atom. The van der Waals surface area contributed by atoms with E-state index in [2.05, 4.69) is 0 Å². The van der Waals surface area contributed by atoms with E-state index in [0.29, 0.717) is 5.69 Å². The van der Waals surface area contributed by atoms with Crippen LogP contribution in [0.15, 0.2) is 42.5 Å². The highest BCUT2D eigenvalue weighted by Crippen LogP contribution is 2.25. The minimum absolute atomic E-state index is 0.288. The highest BCUT2D eigenvalue weighted by Gasteiger charge is 2.12. The lowest BCUT2D eigenvalue weighted by molar-refractivity contribution is 0.623. The Bertz CT molecular complexity index is 537. The van der Waals surface area contributed by atoms with Crippen molar-refractivity contribution in [1.29, 1.82) is 0 Å². The number of halogens is 1. The number of nitrogen functional groups attached to an aromatic ring is 1. The van der Waals surface area contributed by atoms with E-state index >= 15 is 0 Å². The molecular weight excluding hydrogens is 215 g/mol. The van der Waals surface area contributed by atoms with Crippen LogP contribution in [0.5, 0.6) is 0 Å². The largest absolute Gasteiger partial charge is 0.398 e. The summed E-state index contributed by atoms with van der Waals surface area (Å²) >= 11 is 0. The number of anilines is 1. The lowest BCUT2D eigenvalue weighted by Crippen LogP contribution is -2.14. The molecule has 0 spiro atoms. The van der Waals surface area contributed by atoms with Crippen LogP contribution >= 0.6 is 0 Å². The molecule has 17 heavy (non-hydrogen) atoms. The quantitative estimate of drug-likeness (QED) is 0.779. The third-order valence-electron chi connectivity index (χ3n) is 2.79. The molecule has 2 aromatic carbocycles. The average molecular weight is 230 g/mol. The van der Waals surface area contributed by atoms with Crippen LogP contribution in [0.3, 0.4) is 0 Å². The van der Waals surface area contributed by atoms with Gasteiger partial charge in [0.15, 0.2) is 0 Å². The average Bonchev–Trinajstić information content (AvgIpc) is 2.28. The van der Waals surface area contributed by atoms with Crippen molar-refractivity contribution in [3.05, 3.63) is 65.0 Å². The molecular formula is C14H15FN2. The summed E-state index contributed by atoms with van der Waals surface area (Å²) in [7, 11) is 0. The van der Waals surface area contributed by atoms with Crippen molar-refractivity contribution < 1.29 is 4.39 Å². The van der Waals surface area contributed by atoms with E-state index in [-0.39, 0.29) is 5.82 Å². The van der Waals surface area contributed by atoms with Gasteiger partial charge in [-0.25, -0.2) is 4.39 Å². The minimum atomic E-state index is -0.397. The first-order valence-electron chi connectivity index (χ1n) is 5.45. The molecule has 0 aliphatic carbocycles. The molecule has 0 saturated heterocycles. The van der Waals surface area contributed by atoms with Crippen molar-refractivity contribution in [2.75, 3.05) is 5.73 Å². The molecule has 0 amide bonds. The van der Waals surface area contributed by atoms with E-state index in [4.69, 9.17) is 11.5 Å². The summed E-state index contributed by atoms with van der Waals surface area (Å²) < 4.78 is 13.1. The highest BCUT2D eigenvalue weighted by atomic mass is 19.1. The van der Waals surface area contributed by atoms with Gasteiger partial charge in [0.1, 0.15) is 5.82 Å². The van der Waals surface area contributed by atoms with Crippen LogP contribution in [-0.4, -0.2) is 0 Å². The van der Waals surface area contributed by atoms with Crippen LogP contribution in [0.1, 0.15) is 22.7 Å². The van der Waals surface area contributed by atoms with E-state index in [1.807, 2.05) is 25.1 Å². The maximum absolute atomic E-state index is 13.1. The summed E-state index contributed by atoms with van der Waals surface area (Å²) in [5.41, 5.74) is 15.3. The van der Waals surface area contributed by atoms with Gasteiger partial charge in [-0.1, -0.05) is 24.3 Å². The van der Waals surface area contributed by atoms with E-state index in [0.717, 1.165) is 16.7 Å². The van der Waals surface area contributed by atoms with Crippen molar-refractivity contribution in [3.63, 3.8) is 0 Å². The Morgan fingerprint density at radius 2 is 1.88 bits per heavy atom. The van der Waals surface area contributed by atoms with E-state index in [1.165, 1.54) is 12.1 Å². The van der Waals surface area contributed by atoms with Gasteiger partial charge in [-0.2, -0.15) is 0 Å². The summed E-state index contributed by atoms with van der Waals surface area (Å²) in [6, 6.07) is 11.6. The van der Waals surface area contributed by atoms with Gasteiger partial charge in [0.05, 0.1) is 6.04 Å². The van der Waals surface area contributed by atoms with E-state index in [1.54, 1.807) is 12.1 Å².